The maximum absolute atomic E-state index is 12.7. The predicted molar refractivity (Wildman–Crippen MR) is 87.2 cm³/mol. The second kappa shape index (κ2) is 5.60. The third kappa shape index (κ3) is 2.29. The van der Waals surface area contributed by atoms with E-state index in [2.05, 4.69) is 11.5 Å². The average molecular weight is 281 g/mol. The molecule has 1 aromatic heterocycles. The summed E-state index contributed by atoms with van der Waals surface area (Å²) in [5.41, 5.74) is 2.06. The van der Waals surface area contributed by atoms with Crippen LogP contribution in [0.3, 0.4) is 0 Å². The van der Waals surface area contributed by atoms with Gasteiger partial charge in [0.25, 0.3) is 0 Å². The molecule has 0 aliphatic carbocycles. The lowest BCUT2D eigenvalue weighted by Gasteiger charge is -2.15. The summed E-state index contributed by atoms with van der Waals surface area (Å²) in [6.45, 7) is 3.09. The van der Waals surface area contributed by atoms with Crippen molar-refractivity contribution in [1.29, 1.82) is 0 Å². The van der Waals surface area contributed by atoms with Crippen molar-refractivity contribution in [3.8, 4) is 5.75 Å². The molecule has 0 unspecified atom stereocenters. The number of rotatable bonds is 4. The van der Waals surface area contributed by atoms with Crippen LogP contribution in [0.2, 0.25) is 0 Å². The van der Waals surface area contributed by atoms with E-state index in [0.717, 1.165) is 46.9 Å². The van der Waals surface area contributed by atoms with Gasteiger partial charge in [-0.1, -0.05) is 25.5 Å². The lowest BCUT2D eigenvalue weighted by atomic mass is 10.1. The van der Waals surface area contributed by atoms with E-state index in [1.807, 2.05) is 42.5 Å². The fraction of sp³-hybridized carbons (Fsp3) is 0.278. The lowest BCUT2D eigenvalue weighted by molar-refractivity contribution is 0.415. The van der Waals surface area contributed by atoms with Crippen molar-refractivity contribution in [2.75, 3.05) is 7.11 Å². The standard InChI is InChI=1S/C18H19NO2/c1-3-4-11-19-16-8-6-5-7-14(16)18(20)15-12-13(21-2)9-10-17(15)19/h5-10,12H,3-4,11H2,1-2H3. The zero-order chi connectivity index (χ0) is 14.8. The monoisotopic (exact) mass is 281 g/mol. The van der Waals surface area contributed by atoms with E-state index < -0.39 is 0 Å². The first-order chi connectivity index (χ1) is 10.3. The molecule has 0 aliphatic heterocycles. The average Bonchev–Trinajstić information content (AvgIpc) is 2.54. The molecule has 1 heterocycles. The van der Waals surface area contributed by atoms with Crippen molar-refractivity contribution in [3.05, 3.63) is 52.7 Å². The predicted octanol–water partition coefficient (Wildman–Crippen LogP) is 3.96. The molecule has 3 heteroatoms. The molecule has 0 fully saturated rings. The van der Waals surface area contributed by atoms with Gasteiger partial charge in [0, 0.05) is 17.3 Å². The van der Waals surface area contributed by atoms with Gasteiger partial charge in [-0.2, -0.15) is 0 Å². The number of hydrogen-bond acceptors (Lipinski definition) is 2. The van der Waals surface area contributed by atoms with E-state index in [0.29, 0.717) is 0 Å². The summed E-state index contributed by atoms with van der Waals surface area (Å²) in [6.07, 6.45) is 2.21. The van der Waals surface area contributed by atoms with Gasteiger partial charge in [-0.05, 0) is 36.8 Å². The Balaban J connectivity index is 2.42. The summed E-state index contributed by atoms with van der Waals surface area (Å²) in [5, 5.41) is 1.50. The zero-order valence-corrected chi connectivity index (χ0v) is 12.4. The highest BCUT2D eigenvalue weighted by Gasteiger charge is 2.10. The van der Waals surface area contributed by atoms with Crippen LogP contribution in [0.4, 0.5) is 0 Å². The Labute approximate surface area is 123 Å². The first-order valence-electron chi connectivity index (χ1n) is 7.35. The van der Waals surface area contributed by atoms with Crippen molar-refractivity contribution in [3.63, 3.8) is 0 Å². The summed E-state index contributed by atoms with van der Waals surface area (Å²) < 4.78 is 7.51. The molecule has 3 aromatic rings. The smallest absolute Gasteiger partial charge is 0.197 e. The Morgan fingerprint density at radius 1 is 1.05 bits per heavy atom. The fourth-order valence-corrected chi connectivity index (χ4v) is 2.79. The molecule has 0 N–H and O–H groups in total. The van der Waals surface area contributed by atoms with Gasteiger partial charge < -0.3 is 9.30 Å². The number of nitrogens with zero attached hydrogens (tertiary/aromatic N) is 1. The van der Waals surface area contributed by atoms with Gasteiger partial charge in [-0.3, -0.25) is 4.79 Å². The van der Waals surface area contributed by atoms with Crippen molar-refractivity contribution in [2.45, 2.75) is 26.3 Å². The number of methoxy groups -OCH3 is 1. The summed E-state index contributed by atoms with van der Waals surface area (Å²) in [6, 6.07) is 13.6. The van der Waals surface area contributed by atoms with E-state index in [-0.39, 0.29) is 5.43 Å². The second-order valence-corrected chi connectivity index (χ2v) is 5.23. The van der Waals surface area contributed by atoms with Gasteiger partial charge in [0.15, 0.2) is 5.43 Å². The van der Waals surface area contributed by atoms with E-state index in [1.165, 1.54) is 0 Å². The molecule has 0 amide bonds. The normalized spacial score (nSPS) is 11.1. The molecule has 0 spiro atoms. The van der Waals surface area contributed by atoms with E-state index in [4.69, 9.17) is 4.74 Å². The molecular weight excluding hydrogens is 262 g/mol. The third-order valence-corrected chi connectivity index (χ3v) is 3.91. The lowest BCUT2D eigenvalue weighted by Crippen LogP contribution is -2.11. The van der Waals surface area contributed by atoms with Crippen molar-refractivity contribution in [1.82, 2.24) is 4.57 Å². The van der Waals surface area contributed by atoms with Crippen LogP contribution < -0.4 is 10.2 Å². The number of pyridine rings is 1. The van der Waals surface area contributed by atoms with Gasteiger partial charge >= 0.3 is 0 Å². The van der Waals surface area contributed by atoms with Crippen LogP contribution in [0.5, 0.6) is 5.75 Å². The minimum atomic E-state index is 0.0762. The van der Waals surface area contributed by atoms with E-state index >= 15 is 0 Å². The van der Waals surface area contributed by atoms with Crippen LogP contribution in [0.15, 0.2) is 47.3 Å². The van der Waals surface area contributed by atoms with Gasteiger partial charge in [0.2, 0.25) is 0 Å². The summed E-state index contributed by atoms with van der Waals surface area (Å²) in [7, 11) is 1.62. The van der Waals surface area contributed by atoms with Gasteiger partial charge in [0.1, 0.15) is 5.75 Å². The number of aromatic nitrogens is 1. The molecule has 2 aromatic carbocycles. The molecule has 0 radical (unpaired) electrons. The van der Waals surface area contributed by atoms with E-state index in [9.17, 15) is 4.79 Å². The minimum absolute atomic E-state index is 0.0762. The van der Waals surface area contributed by atoms with Gasteiger partial charge in [0.05, 0.1) is 18.1 Å². The first kappa shape index (κ1) is 13.7. The molecule has 0 aliphatic rings. The maximum atomic E-state index is 12.7. The molecular formula is C18H19NO2. The third-order valence-electron chi connectivity index (χ3n) is 3.91. The van der Waals surface area contributed by atoms with Crippen LogP contribution in [0, 0.1) is 0 Å². The van der Waals surface area contributed by atoms with Crippen LogP contribution in [0.1, 0.15) is 19.8 Å². The Hall–Kier alpha value is -2.29. The number of fused-ring (bicyclic) bond motifs is 2. The highest BCUT2D eigenvalue weighted by molar-refractivity contribution is 5.94. The van der Waals surface area contributed by atoms with Crippen LogP contribution in [-0.2, 0) is 6.54 Å². The van der Waals surface area contributed by atoms with E-state index in [1.54, 1.807) is 7.11 Å². The molecule has 0 bridgehead atoms. The number of para-hydroxylation sites is 1. The highest BCUT2D eigenvalue weighted by atomic mass is 16.5. The zero-order valence-electron chi connectivity index (χ0n) is 12.4. The maximum Gasteiger partial charge on any atom is 0.197 e. The Morgan fingerprint density at radius 2 is 1.81 bits per heavy atom. The number of unbranched alkanes of at least 4 members (excludes halogenated alkanes) is 1. The largest absolute Gasteiger partial charge is 0.497 e. The van der Waals surface area contributed by atoms with Crippen molar-refractivity contribution >= 4 is 21.8 Å². The Bertz CT molecular complexity index is 849. The second-order valence-electron chi connectivity index (χ2n) is 5.23. The van der Waals surface area contributed by atoms with Crippen molar-refractivity contribution in [2.24, 2.45) is 0 Å². The molecule has 3 nitrogen and oxygen atoms in total. The summed E-state index contributed by atoms with van der Waals surface area (Å²) in [4.78, 5) is 12.7. The number of hydrogen-bond donors (Lipinski definition) is 0. The fourth-order valence-electron chi connectivity index (χ4n) is 2.79. The van der Waals surface area contributed by atoms with Gasteiger partial charge in [-0.25, -0.2) is 0 Å². The minimum Gasteiger partial charge on any atom is -0.497 e. The topological polar surface area (TPSA) is 31.2 Å². The first-order valence-corrected chi connectivity index (χ1v) is 7.35. The molecule has 21 heavy (non-hydrogen) atoms. The molecule has 0 saturated heterocycles. The van der Waals surface area contributed by atoms with Crippen LogP contribution in [0.25, 0.3) is 21.8 Å². The van der Waals surface area contributed by atoms with Crippen molar-refractivity contribution < 1.29 is 4.74 Å². The molecule has 0 atom stereocenters. The number of benzene rings is 2. The number of aryl methyl sites for hydroxylation is 1. The molecule has 108 valence electrons. The van der Waals surface area contributed by atoms with Crippen LogP contribution in [-0.4, -0.2) is 11.7 Å². The van der Waals surface area contributed by atoms with Gasteiger partial charge in [-0.15, -0.1) is 0 Å². The Kier molecular flexibility index (Phi) is 3.65. The van der Waals surface area contributed by atoms with Crippen LogP contribution >= 0.6 is 0 Å². The summed E-state index contributed by atoms with van der Waals surface area (Å²) in [5.74, 6) is 0.719. The highest BCUT2D eigenvalue weighted by Crippen LogP contribution is 2.23. The Morgan fingerprint density at radius 3 is 2.57 bits per heavy atom. The molecule has 3 rings (SSSR count). The number of ether oxygens (including phenoxy) is 1. The quantitative estimate of drug-likeness (QED) is 0.678. The molecule has 0 saturated carbocycles. The summed E-state index contributed by atoms with van der Waals surface area (Å²) >= 11 is 0. The SMILES string of the molecule is CCCCn1c2ccccc2c(=O)c2cc(OC)ccc21.